The van der Waals surface area contributed by atoms with E-state index < -0.39 is 29.5 Å². The predicted octanol–water partition coefficient (Wildman–Crippen LogP) is 5.04. The van der Waals surface area contributed by atoms with E-state index >= 15 is 0 Å². The van der Waals surface area contributed by atoms with Crippen molar-refractivity contribution in [2.75, 3.05) is 13.2 Å². The summed E-state index contributed by atoms with van der Waals surface area (Å²) >= 11 is 0. The van der Waals surface area contributed by atoms with Gasteiger partial charge in [-0.05, 0) is 56.0 Å². The monoisotopic (exact) mass is 404 g/mol. The molecule has 0 radical (unpaired) electrons. The maximum absolute atomic E-state index is 13.1. The van der Waals surface area contributed by atoms with Crippen LogP contribution in [0.1, 0.15) is 48.4 Å². The van der Waals surface area contributed by atoms with Gasteiger partial charge in [-0.3, -0.25) is 0 Å². The number of ether oxygens (including phenoxy) is 1. The van der Waals surface area contributed by atoms with E-state index in [0.29, 0.717) is 5.90 Å². The average molecular weight is 404 g/mol. The molecule has 1 saturated heterocycles. The summed E-state index contributed by atoms with van der Waals surface area (Å²) in [5, 5.41) is 3.44. The van der Waals surface area contributed by atoms with Crippen LogP contribution in [0.25, 0.3) is 0 Å². The van der Waals surface area contributed by atoms with Crippen molar-refractivity contribution < 1.29 is 31.1 Å². The van der Waals surface area contributed by atoms with Crippen molar-refractivity contribution in [3.8, 4) is 0 Å². The Balaban J connectivity index is 1.68. The Morgan fingerprint density at radius 2 is 1.68 bits per heavy atom. The third-order valence-electron chi connectivity index (χ3n) is 5.56. The first kappa shape index (κ1) is 19.3. The van der Waals surface area contributed by atoms with Gasteiger partial charge in [0.1, 0.15) is 12.6 Å². The van der Waals surface area contributed by atoms with Crippen LogP contribution in [0.4, 0.5) is 26.3 Å². The van der Waals surface area contributed by atoms with Gasteiger partial charge in [0, 0.05) is 11.1 Å². The molecule has 0 saturated carbocycles. The SMILES string of the molecule is FC(F)(F)c1cc([C@@H]2COC(C3=CCC[C@]34CCCN4)=N2)cc(C(F)(F)F)c1. The Morgan fingerprint density at radius 3 is 2.25 bits per heavy atom. The fraction of sp³-hybridized carbons (Fsp3) is 0.526. The summed E-state index contributed by atoms with van der Waals surface area (Å²) in [4.78, 5) is 4.36. The van der Waals surface area contributed by atoms with Gasteiger partial charge in [0.05, 0.1) is 11.1 Å². The number of rotatable bonds is 2. The largest absolute Gasteiger partial charge is 0.475 e. The molecule has 1 aromatic rings. The zero-order chi connectivity index (χ0) is 20.2. The quantitative estimate of drug-likeness (QED) is 0.701. The number of nitrogens with zero attached hydrogens (tertiary/aromatic N) is 1. The molecule has 0 aromatic heterocycles. The summed E-state index contributed by atoms with van der Waals surface area (Å²) in [6.45, 7) is 0.776. The highest BCUT2D eigenvalue weighted by Crippen LogP contribution is 2.42. The number of alkyl halides is 6. The van der Waals surface area contributed by atoms with Crippen LogP contribution in [-0.2, 0) is 17.1 Å². The van der Waals surface area contributed by atoms with Crippen LogP contribution < -0.4 is 5.32 Å². The number of nitrogens with one attached hydrogen (secondary N) is 1. The van der Waals surface area contributed by atoms with Crippen molar-refractivity contribution >= 4 is 5.90 Å². The molecule has 3 aliphatic rings. The Labute approximate surface area is 157 Å². The van der Waals surface area contributed by atoms with Gasteiger partial charge >= 0.3 is 12.4 Å². The Bertz CT molecular complexity index is 802. The molecule has 2 atom stereocenters. The van der Waals surface area contributed by atoms with Crippen LogP contribution in [0.3, 0.4) is 0 Å². The molecule has 2 heterocycles. The molecule has 1 fully saturated rings. The van der Waals surface area contributed by atoms with Gasteiger partial charge in [0.2, 0.25) is 5.90 Å². The van der Waals surface area contributed by atoms with Gasteiger partial charge in [0.15, 0.2) is 0 Å². The first-order chi connectivity index (χ1) is 13.1. The lowest BCUT2D eigenvalue weighted by atomic mass is 9.89. The molecule has 1 spiro atoms. The number of halogens is 6. The number of hydrogen-bond acceptors (Lipinski definition) is 3. The second-order valence-corrected chi connectivity index (χ2v) is 7.37. The van der Waals surface area contributed by atoms with Gasteiger partial charge in [-0.2, -0.15) is 26.3 Å². The van der Waals surface area contributed by atoms with Gasteiger partial charge in [-0.15, -0.1) is 0 Å². The molecular formula is C19H18F6N2O. The minimum atomic E-state index is -4.88. The normalized spacial score (nSPS) is 27.9. The maximum atomic E-state index is 13.1. The molecule has 4 rings (SSSR count). The van der Waals surface area contributed by atoms with Crippen LogP contribution in [-0.4, -0.2) is 24.6 Å². The van der Waals surface area contributed by atoms with E-state index in [9.17, 15) is 26.3 Å². The molecule has 9 heteroatoms. The van der Waals surface area contributed by atoms with Crippen molar-refractivity contribution in [2.45, 2.75) is 49.6 Å². The maximum Gasteiger partial charge on any atom is 0.416 e. The zero-order valence-electron chi connectivity index (χ0n) is 14.8. The van der Waals surface area contributed by atoms with E-state index in [-0.39, 0.29) is 23.8 Å². The molecular weight excluding hydrogens is 386 g/mol. The first-order valence-corrected chi connectivity index (χ1v) is 9.05. The topological polar surface area (TPSA) is 33.6 Å². The molecule has 2 aliphatic heterocycles. The number of hydrogen-bond donors (Lipinski definition) is 1. The molecule has 3 nitrogen and oxygen atoms in total. The second-order valence-electron chi connectivity index (χ2n) is 7.37. The highest BCUT2D eigenvalue weighted by atomic mass is 19.4. The summed E-state index contributed by atoms with van der Waals surface area (Å²) in [5.74, 6) is 0.322. The Hall–Kier alpha value is -2.03. The van der Waals surface area contributed by atoms with Crippen LogP contribution >= 0.6 is 0 Å². The van der Waals surface area contributed by atoms with Crippen molar-refractivity contribution in [1.29, 1.82) is 0 Å². The molecule has 0 bridgehead atoms. The van der Waals surface area contributed by atoms with Gasteiger partial charge < -0.3 is 10.1 Å². The summed E-state index contributed by atoms with van der Waals surface area (Å²) in [6.07, 6.45) is -4.15. The Morgan fingerprint density at radius 1 is 1.00 bits per heavy atom. The van der Waals surface area contributed by atoms with Crippen LogP contribution in [0, 0.1) is 0 Å². The number of allylic oxidation sites excluding steroid dienone is 1. The lowest BCUT2D eigenvalue weighted by Gasteiger charge is -2.27. The summed E-state index contributed by atoms with van der Waals surface area (Å²) in [5.41, 5.74) is -2.19. The van der Waals surface area contributed by atoms with Crippen LogP contribution in [0.2, 0.25) is 0 Å². The zero-order valence-corrected chi connectivity index (χ0v) is 14.8. The lowest BCUT2D eigenvalue weighted by Crippen LogP contribution is -2.41. The third kappa shape index (κ3) is 3.40. The van der Waals surface area contributed by atoms with Crippen molar-refractivity contribution in [3.05, 3.63) is 46.5 Å². The van der Waals surface area contributed by atoms with E-state index in [4.69, 9.17) is 4.74 Å². The summed E-state index contributed by atoms with van der Waals surface area (Å²) in [6, 6.07) is 0.671. The predicted molar refractivity (Wildman–Crippen MR) is 89.9 cm³/mol. The van der Waals surface area contributed by atoms with Crippen LogP contribution in [0.5, 0.6) is 0 Å². The number of aliphatic imine (C=N–C) groups is 1. The van der Waals surface area contributed by atoms with E-state index in [0.717, 1.165) is 49.9 Å². The van der Waals surface area contributed by atoms with E-state index in [2.05, 4.69) is 10.3 Å². The Kier molecular flexibility index (Phi) is 4.48. The lowest BCUT2D eigenvalue weighted by molar-refractivity contribution is -0.143. The standard InChI is InChI=1S/C19H18F6N2O/c20-18(21,22)12-7-11(8-13(9-12)19(23,24)25)15-10-28-16(27-15)14-3-1-4-17(14)5-2-6-26-17/h3,7-9,15,26H,1-2,4-6,10H2/t15-,17-/m0/s1. The minimum Gasteiger partial charge on any atom is -0.475 e. The van der Waals surface area contributed by atoms with Crippen LogP contribution in [0.15, 0.2) is 34.8 Å². The summed E-state index contributed by atoms with van der Waals surface area (Å²) in [7, 11) is 0. The van der Waals surface area contributed by atoms with Gasteiger partial charge in [-0.1, -0.05) is 6.08 Å². The highest BCUT2D eigenvalue weighted by Gasteiger charge is 2.44. The number of benzene rings is 1. The minimum absolute atomic E-state index is 0.0820. The fourth-order valence-electron chi connectivity index (χ4n) is 4.20. The van der Waals surface area contributed by atoms with Gasteiger partial charge in [-0.25, -0.2) is 4.99 Å². The van der Waals surface area contributed by atoms with E-state index in [1.807, 2.05) is 6.08 Å². The molecule has 0 amide bonds. The van der Waals surface area contributed by atoms with Gasteiger partial charge in [0.25, 0.3) is 0 Å². The first-order valence-electron chi connectivity index (χ1n) is 9.05. The third-order valence-corrected chi connectivity index (χ3v) is 5.56. The molecule has 1 aliphatic carbocycles. The average Bonchev–Trinajstić information content (AvgIpc) is 3.35. The highest BCUT2D eigenvalue weighted by molar-refractivity contribution is 5.97. The molecule has 152 valence electrons. The van der Waals surface area contributed by atoms with E-state index in [1.54, 1.807) is 0 Å². The van der Waals surface area contributed by atoms with Crippen molar-refractivity contribution in [1.82, 2.24) is 5.32 Å². The molecule has 1 aromatic carbocycles. The van der Waals surface area contributed by atoms with Crippen molar-refractivity contribution in [2.24, 2.45) is 4.99 Å². The molecule has 1 N–H and O–H groups in total. The smallest absolute Gasteiger partial charge is 0.416 e. The molecule has 0 unspecified atom stereocenters. The van der Waals surface area contributed by atoms with E-state index in [1.165, 1.54) is 0 Å². The van der Waals surface area contributed by atoms with Crippen molar-refractivity contribution in [3.63, 3.8) is 0 Å². The molecule has 28 heavy (non-hydrogen) atoms. The fourth-order valence-corrected chi connectivity index (χ4v) is 4.20. The summed E-state index contributed by atoms with van der Waals surface area (Å²) < 4.78 is 84.2. The second kappa shape index (κ2) is 6.50.